The minimum Gasteiger partial charge on any atom is -0.301 e. The van der Waals surface area contributed by atoms with Crippen molar-refractivity contribution in [3.05, 3.63) is 54.9 Å². The number of nitrogens with one attached hydrogen (secondary N) is 1. The number of pyridine rings is 1. The van der Waals surface area contributed by atoms with Crippen molar-refractivity contribution in [2.24, 2.45) is 5.92 Å². The smallest absolute Gasteiger partial charge is 0.155 e. The molecule has 28 heavy (non-hydrogen) atoms. The summed E-state index contributed by atoms with van der Waals surface area (Å²) in [5.74, 6) is 1.24. The summed E-state index contributed by atoms with van der Waals surface area (Å²) in [5, 5.41) is 7.42. The van der Waals surface area contributed by atoms with Crippen LogP contribution in [0, 0.1) is 11.7 Å². The Balaban J connectivity index is 1.70. The van der Waals surface area contributed by atoms with Gasteiger partial charge in [-0.1, -0.05) is 13.8 Å². The Morgan fingerprint density at radius 1 is 1.21 bits per heavy atom. The minimum atomic E-state index is -1.07. The zero-order chi connectivity index (χ0) is 19.7. The largest absolute Gasteiger partial charge is 0.301 e. The Bertz CT molecular complexity index is 1140. The van der Waals surface area contributed by atoms with Gasteiger partial charge in [-0.05, 0) is 42.7 Å². The topological polar surface area (TPSA) is 76.5 Å². The van der Waals surface area contributed by atoms with Gasteiger partial charge in [0.15, 0.2) is 5.82 Å². The van der Waals surface area contributed by atoms with Gasteiger partial charge in [-0.25, -0.2) is 14.4 Å². The van der Waals surface area contributed by atoms with Crippen molar-refractivity contribution >= 4 is 21.8 Å². The number of hydrogen-bond donors (Lipinski definition) is 1. The predicted molar refractivity (Wildman–Crippen MR) is 107 cm³/mol. The maximum absolute atomic E-state index is 14.2. The highest BCUT2D eigenvalue weighted by atomic mass is 32.2. The van der Waals surface area contributed by atoms with E-state index in [9.17, 15) is 8.60 Å². The fourth-order valence-corrected chi connectivity index (χ4v) is 4.34. The van der Waals surface area contributed by atoms with Crippen molar-refractivity contribution in [3.63, 3.8) is 0 Å². The summed E-state index contributed by atoms with van der Waals surface area (Å²) in [6.07, 6.45) is 5.76. The first-order valence-corrected chi connectivity index (χ1v) is 10.4. The molecule has 0 bridgehead atoms. The van der Waals surface area contributed by atoms with Crippen molar-refractivity contribution in [2.45, 2.75) is 25.2 Å². The van der Waals surface area contributed by atoms with E-state index in [1.54, 1.807) is 10.8 Å². The molecule has 0 radical (unpaired) electrons. The van der Waals surface area contributed by atoms with Crippen LogP contribution in [0.2, 0.25) is 0 Å². The lowest BCUT2D eigenvalue weighted by atomic mass is 10.2. The Morgan fingerprint density at radius 3 is 2.82 bits per heavy atom. The van der Waals surface area contributed by atoms with Crippen LogP contribution in [-0.2, 0) is 10.8 Å². The highest BCUT2D eigenvalue weighted by Crippen LogP contribution is 2.25. The summed E-state index contributed by atoms with van der Waals surface area (Å²) in [6.45, 7) is 4.23. The van der Waals surface area contributed by atoms with Gasteiger partial charge < -0.3 is 4.57 Å². The molecule has 1 aromatic carbocycles. The van der Waals surface area contributed by atoms with Crippen LogP contribution in [-0.4, -0.2) is 34.7 Å². The fraction of sp³-hybridized carbons (Fsp3) is 0.250. The van der Waals surface area contributed by atoms with Crippen LogP contribution in [0.25, 0.3) is 28.1 Å². The van der Waals surface area contributed by atoms with Gasteiger partial charge in [0.05, 0.1) is 21.4 Å². The Kier molecular flexibility index (Phi) is 5.04. The summed E-state index contributed by atoms with van der Waals surface area (Å²) >= 11 is 0. The molecule has 0 unspecified atom stereocenters. The highest BCUT2D eigenvalue weighted by Gasteiger charge is 2.12. The first kappa shape index (κ1) is 18.5. The number of hydrogen-bond acceptors (Lipinski definition) is 4. The SMILES string of the molecule is CC(C)CC[S@@](=O)c1cnc2c(ccn2-c2cc(F)cc(-c3ncn[nH]3)c2)c1. The zero-order valence-corrected chi connectivity index (χ0v) is 16.4. The van der Waals surface area contributed by atoms with E-state index in [2.05, 4.69) is 34.0 Å². The van der Waals surface area contributed by atoms with Crippen LogP contribution >= 0.6 is 0 Å². The van der Waals surface area contributed by atoms with Gasteiger partial charge in [-0.3, -0.25) is 9.31 Å². The van der Waals surface area contributed by atoms with E-state index in [0.717, 1.165) is 11.8 Å². The number of fused-ring (bicyclic) bond motifs is 1. The molecule has 8 heteroatoms. The molecule has 0 aliphatic heterocycles. The summed E-state index contributed by atoms with van der Waals surface area (Å²) in [7, 11) is -1.07. The molecule has 3 aromatic heterocycles. The van der Waals surface area contributed by atoms with Gasteiger partial charge in [0.25, 0.3) is 0 Å². The molecule has 0 saturated carbocycles. The monoisotopic (exact) mass is 397 g/mol. The van der Waals surface area contributed by atoms with Crippen LogP contribution < -0.4 is 0 Å². The molecule has 0 amide bonds. The molecule has 4 aromatic rings. The maximum Gasteiger partial charge on any atom is 0.155 e. The summed E-state index contributed by atoms with van der Waals surface area (Å²) < 4.78 is 28.5. The number of benzene rings is 1. The second kappa shape index (κ2) is 7.63. The van der Waals surface area contributed by atoms with E-state index < -0.39 is 10.8 Å². The Morgan fingerprint density at radius 2 is 2.07 bits per heavy atom. The van der Waals surface area contributed by atoms with Crippen molar-refractivity contribution in [1.29, 1.82) is 0 Å². The molecule has 1 atom stereocenters. The summed E-state index contributed by atoms with van der Waals surface area (Å²) in [5.41, 5.74) is 1.90. The third-order valence-corrected chi connectivity index (χ3v) is 5.85. The molecule has 0 aliphatic rings. The third kappa shape index (κ3) is 3.73. The van der Waals surface area contributed by atoms with Crippen LogP contribution in [0.1, 0.15) is 20.3 Å². The van der Waals surface area contributed by atoms with E-state index in [1.807, 2.05) is 24.4 Å². The first-order valence-electron chi connectivity index (χ1n) is 9.03. The van der Waals surface area contributed by atoms with E-state index in [0.29, 0.717) is 39.3 Å². The molecule has 0 aliphatic carbocycles. The van der Waals surface area contributed by atoms with Gasteiger partial charge in [-0.2, -0.15) is 5.10 Å². The highest BCUT2D eigenvalue weighted by molar-refractivity contribution is 7.85. The number of H-pyrrole nitrogens is 1. The van der Waals surface area contributed by atoms with Crippen LogP contribution in [0.3, 0.4) is 0 Å². The van der Waals surface area contributed by atoms with Crippen molar-refractivity contribution < 1.29 is 8.60 Å². The first-order chi connectivity index (χ1) is 13.5. The number of aromatic amines is 1. The van der Waals surface area contributed by atoms with E-state index in [4.69, 9.17) is 0 Å². The second-order valence-corrected chi connectivity index (χ2v) is 8.60. The van der Waals surface area contributed by atoms with Crippen molar-refractivity contribution in [1.82, 2.24) is 24.7 Å². The fourth-order valence-electron chi connectivity index (χ4n) is 2.99. The van der Waals surface area contributed by atoms with Crippen molar-refractivity contribution in [3.8, 4) is 17.1 Å². The van der Waals surface area contributed by atoms with Gasteiger partial charge in [0.1, 0.15) is 17.8 Å². The number of rotatable bonds is 6. The van der Waals surface area contributed by atoms with E-state index in [-0.39, 0.29) is 5.82 Å². The molecule has 1 N–H and O–H groups in total. The lowest BCUT2D eigenvalue weighted by molar-refractivity contribution is 0.619. The van der Waals surface area contributed by atoms with Gasteiger partial charge in [-0.15, -0.1) is 0 Å². The van der Waals surface area contributed by atoms with Gasteiger partial charge in [0, 0.05) is 29.1 Å². The lowest BCUT2D eigenvalue weighted by Gasteiger charge is -2.08. The molecular weight excluding hydrogens is 377 g/mol. The summed E-state index contributed by atoms with van der Waals surface area (Å²) in [6, 6.07) is 8.45. The summed E-state index contributed by atoms with van der Waals surface area (Å²) in [4.78, 5) is 9.30. The molecule has 6 nitrogen and oxygen atoms in total. The van der Waals surface area contributed by atoms with Crippen LogP contribution in [0.15, 0.2) is 53.9 Å². The molecular formula is C20H20FN5OS. The quantitative estimate of drug-likeness (QED) is 0.531. The normalized spacial score (nSPS) is 12.7. The number of nitrogens with zero attached hydrogens (tertiary/aromatic N) is 4. The average molecular weight is 397 g/mol. The third-order valence-electron chi connectivity index (χ3n) is 4.49. The van der Waals surface area contributed by atoms with E-state index >= 15 is 0 Å². The average Bonchev–Trinajstić information content (AvgIpc) is 3.34. The van der Waals surface area contributed by atoms with Gasteiger partial charge >= 0.3 is 0 Å². The predicted octanol–water partition coefficient (Wildman–Crippen LogP) is 4.10. The zero-order valence-electron chi connectivity index (χ0n) is 15.6. The van der Waals surface area contributed by atoms with Crippen LogP contribution in [0.5, 0.6) is 0 Å². The second-order valence-electron chi connectivity index (χ2n) is 7.03. The molecule has 0 spiro atoms. The minimum absolute atomic E-state index is 0.378. The van der Waals surface area contributed by atoms with Crippen LogP contribution in [0.4, 0.5) is 4.39 Å². The van der Waals surface area contributed by atoms with Crippen molar-refractivity contribution in [2.75, 3.05) is 5.75 Å². The molecule has 0 fully saturated rings. The number of aromatic nitrogens is 5. The lowest BCUT2D eigenvalue weighted by Crippen LogP contribution is -2.02. The maximum atomic E-state index is 14.2. The molecule has 4 rings (SSSR count). The molecule has 3 heterocycles. The Labute approximate surface area is 164 Å². The Hall–Kier alpha value is -2.87. The van der Waals surface area contributed by atoms with Gasteiger partial charge in [0.2, 0.25) is 0 Å². The number of halogens is 1. The molecule has 144 valence electrons. The molecule has 0 saturated heterocycles. The standard InChI is InChI=1S/C20H20FN5OS/c1-13(2)4-6-28(27)18-9-14-3-5-26(20(14)22-11-18)17-8-15(7-16(21)10-17)19-23-12-24-25-19/h3,5,7-13H,4,6H2,1-2H3,(H,23,24,25)/t28-/m1/s1. The van der Waals surface area contributed by atoms with E-state index in [1.165, 1.54) is 18.5 Å².